The molecule has 1 aromatic carbocycles. The van der Waals surface area contributed by atoms with E-state index in [1.807, 2.05) is 0 Å². The Kier molecular flexibility index (Phi) is 3.64. The molecule has 20 heavy (non-hydrogen) atoms. The van der Waals surface area contributed by atoms with Crippen molar-refractivity contribution >= 4 is 21.6 Å². The molecule has 1 saturated carbocycles. The average molecular weight is 350 g/mol. The van der Waals surface area contributed by atoms with Crippen molar-refractivity contribution in [3.05, 3.63) is 28.2 Å². The summed E-state index contributed by atoms with van der Waals surface area (Å²) >= 11 is 3.09. The Bertz CT molecular complexity index is 506. The van der Waals surface area contributed by atoms with Gasteiger partial charge in [-0.3, -0.25) is 0 Å². The molecule has 0 aliphatic heterocycles. The second kappa shape index (κ2) is 4.65. The van der Waals surface area contributed by atoms with E-state index in [9.17, 15) is 13.2 Å². The van der Waals surface area contributed by atoms with Crippen molar-refractivity contribution in [3.8, 4) is 0 Å². The SMILES string of the molecule is CC1(C)C(CNc2ccc(Br)cc2C(F)(F)F)C1(C)C. The summed E-state index contributed by atoms with van der Waals surface area (Å²) in [5, 5.41) is 2.98. The third-order valence-electron chi connectivity index (χ3n) is 5.10. The Morgan fingerprint density at radius 3 is 2.15 bits per heavy atom. The second-order valence-corrected chi connectivity index (χ2v) is 7.48. The summed E-state index contributed by atoms with van der Waals surface area (Å²) in [5.41, 5.74) is -0.149. The number of hydrogen-bond donors (Lipinski definition) is 1. The Labute approximate surface area is 126 Å². The van der Waals surface area contributed by atoms with Crippen LogP contribution in [0.3, 0.4) is 0 Å². The van der Waals surface area contributed by atoms with Crippen molar-refractivity contribution in [1.82, 2.24) is 0 Å². The number of rotatable bonds is 3. The predicted molar refractivity (Wildman–Crippen MR) is 78.7 cm³/mol. The van der Waals surface area contributed by atoms with E-state index in [4.69, 9.17) is 0 Å². The first-order chi connectivity index (χ1) is 8.98. The lowest BCUT2D eigenvalue weighted by atomic mass is 10.0. The molecule has 0 bridgehead atoms. The fraction of sp³-hybridized carbons (Fsp3) is 0.600. The van der Waals surface area contributed by atoms with Gasteiger partial charge in [-0.1, -0.05) is 43.6 Å². The van der Waals surface area contributed by atoms with Crippen LogP contribution in [0, 0.1) is 16.7 Å². The molecule has 0 unspecified atom stereocenters. The fourth-order valence-corrected chi connectivity index (χ4v) is 3.32. The normalized spacial score (nSPS) is 20.8. The molecular weight excluding hydrogens is 331 g/mol. The molecule has 0 atom stereocenters. The van der Waals surface area contributed by atoms with Crippen LogP contribution in [0.1, 0.15) is 33.3 Å². The smallest absolute Gasteiger partial charge is 0.384 e. The van der Waals surface area contributed by atoms with Crippen molar-refractivity contribution < 1.29 is 13.2 Å². The molecule has 1 aliphatic carbocycles. The van der Waals surface area contributed by atoms with E-state index in [1.54, 1.807) is 6.07 Å². The highest BCUT2D eigenvalue weighted by Gasteiger charge is 2.64. The van der Waals surface area contributed by atoms with E-state index in [-0.39, 0.29) is 16.5 Å². The minimum atomic E-state index is -4.35. The molecular formula is C15H19BrF3N. The van der Waals surface area contributed by atoms with Crippen LogP contribution in [0.15, 0.2) is 22.7 Å². The van der Waals surface area contributed by atoms with Gasteiger partial charge in [-0.15, -0.1) is 0 Å². The third-order valence-corrected chi connectivity index (χ3v) is 5.60. The Balaban J connectivity index is 2.16. The summed E-state index contributed by atoms with van der Waals surface area (Å²) in [6.45, 7) is 9.19. The van der Waals surface area contributed by atoms with E-state index in [0.29, 0.717) is 16.9 Å². The fourth-order valence-electron chi connectivity index (χ4n) is 2.96. The number of benzene rings is 1. The molecule has 1 aliphatic rings. The van der Waals surface area contributed by atoms with Crippen LogP contribution in [0.5, 0.6) is 0 Å². The van der Waals surface area contributed by atoms with Crippen LogP contribution in [0.25, 0.3) is 0 Å². The molecule has 1 nitrogen and oxygen atoms in total. The molecule has 1 aromatic rings. The number of nitrogens with one attached hydrogen (secondary N) is 1. The molecule has 1 fully saturated rings. The van der Waals surface area contributed by atoms with Gasteiger partial charge in [0.15, 0.2) is 0 Å². The van der Waals surface area contributed by atoms with E-state index >= 15 is 0 Å². The largest absolute Gasteiger partial charge is 0.418 e. The molecule has 0 spiro atoms. The Morgan fingerprint density at radius 1 is 1.15 bits per heavy atom. The summed E-state index contributed by atoms with van der Waals surface area (Å²) in [6, 6.07) is 4.22. The summed E-state index contributed by atoms with van der Waals surface area (Å²) in [6.07, 6.45) is -4.35. The number of halogens is 4. The minimum Gasteiger partial charge on any atom is -0.384 e. The van der Waals surface area contributed by atoms with E-state index in [2.05, 4.69) is 48.9 Å². The summed E-state index contributed by atoms with van der Waals surface area (Å²) in [5.74, 6) is 0.375. The summed E-state index contributed by atoms with van der Waals surface area (Å²) in [7, 11) is 0. The maximum absolute atomic E-state index is 13.0. The average Bonchev–Trinajstić information content (AvgIpc) is 2.67. The van der Waals surface area contributed by atoms with Gasteiger partial charge in [0.1, 0.15) is 0 Å². The molecule has 0 heterocycles. The van der Waals surface area contributed by atoms with Crippen LogP contribution in [0.4, 0.5) is 18.9 Å². The van der Waals surface area contributed by atoms with E-state index in [1.165, 1.54) is 6.07 Å². The van der Waals surface area contributed by atoms with Gasteiger partial charge in [0, 0.05) is 16.7 Å². The van der Waals surface area contributed by atoms with Crippen LogP contribution >= 0.6 is 15.9 Å². The van der Waals surface area contributed by atoms with Gasteiger partial charge in [-0.05, 0) is 34.9 Å². The number of anilines is 1. The molecule has 5 heteroatoms. The van der Waals surface area contributed by atoms with Gasteiger partial charge >= 0.3 is 6.18 Å². The number of alkyl halides is 3. The molecule has 1 N–H and O–H groups in total. The van der Waals surface area contributed by atoms with Crippen molar-refractivity contribution in [2.75, 3.05) is 11.9 Å². The molecule has 2 rings (SSSR count). The van der Waals surface area contributed by atoms with Crippen LogP contribution in [-0.2, 0) is 6.18 Å². The number of hydrogen-bond acceptors (Lipinski definition) is 1. The molecule has 0 saturated heterocycles. The minimum absolute atomic E-state index is 0.152. The lowest BCUT2D eigenvalue weighted by Crippen LogP contribution is -2.14. The van der Waals surface area contributed by atoms with Crippen LogP contribution in [0.2, 0.25) is 0 Å². The highest BCUT2D eigenvalue weighted by atomic mass is 79.9. The first-order valence-corrected chi connectivity index (χ1v) is 7.38. The Morgan fingerprint density at radius 2 is 1.70 bits per heavy atom. The van der Waals surface area contributed by atoms with Gasteiger partial charge in [0.2, 0.25) is 0 Å². The molecule has 0 radical (unpaired) electrons. The monoisotopic (exact) mass is 349 g/mol. The van der Waals surface area contributed by atoms with Gasteiger partial charge < -0.3 is 5.32 Å². The van der Waals surface area contributed by atoms with Gasteiger partial charge in [0.05, 0.1) is 5.56 Å². The van der Waals surface area contributed by atoms with Crippen LogP contribution < -0.4 is 5.32 Å². The highest BCUT2D eigenvalue weighted by Crippen LogP contribution is 2.68. The standard InChI is InChI=1S/C15H19BrF3N/c1-13(2)12(14(13,3)4)8-20-11-6-5-9(16)7-10(11)15(17,18)19/h5-7,12,20H,8H2,1-4H3. The van der Waals surface area contributed by atoms with Crippen molar-refractivity contribution in [2.24, 2.45) is 16.7 Å². The zero-order chi connectivity index (χ0) is 15.3. The zero-order valence-corrected chi connectivity index (χ0v) is 13.6. The zero-order valence-electron chi connectivity index (χ0n) is 12.0. The first-order valence-electron chi connectivity index (χ1n) is 6.58. The van der Waals surface area contributed by atoms with Gasteiger partial charge in [-0.2, -0.15) is 13.2 Å². The van der Waals surface area contributed by atoms with Crippen molar-refractivity contribution in [3.63, 3.8) is 0 Å². The maximum Gasteiger partial charge on any atom is 0.418 e. The van der Waals surface area contributed by atoms with E-state index < -0.39 is 11.7 Å². The van der Waals surface area contributed by atoms with E-state index in [0.717, 1.165) is 6.07 Å². The topological polar surface area (TPSA) is 12.0 Å². The lowest BCUT2D eigenvalue weighted by molar-refractivity contribution is -0.137. The second-order valence-electron chi connectivity index (χ2n) is 6.56. The molecule has 0 amide bonds. The van der Waals surface area contributed by atoms with Gasteiger partial charge in [-0.25, -0.2) is 0 Å². The summed E-state index contributed by atoms with van der Waals surface area (Å²) in [4.78, 5) is 0. The molecule has 0 aromatic heterocycles. The summed E-state index contributed by atoms with van der Waals surface area (Å²) < 4.78 is 39.5. The Hall–Kier alpha value is -0.710. The third kappa shape index (κ3) is 2.57. The highest BCUT2D eigenvalue weighted by molar-refractivity contribution is 9.10. The van der Waals surface area contributed by atoms with Gasteiger partial charge in [0.25, 0.3) is 0 Å². The molecule has 112 valence electrons. The predicted octanol–water partition coefficient (Wildman–Crippen LogP) is 5.56. The van der Waals surface area contributed by atoms with Crippen molar-refractivity contribution in [1.29, 1.82) is 0 Å². The van der Waals surface area contributed by atoms with Crippen molar-refractivity contribution in [2.45, 2.75) is 33.9 Å². The van der Waals surface area contributed by atoms with Crippen LogP contribution in [-0.4, -0.2) is 6.54 Å². The maximum atomic E-state index is 13.0. The first kappa shape index (κ1) is 15.7. The lowest BCUT2D eigenvalue weighted by Gasteiger charge is -2.15. The quantitative estimate of drug-likeness (QED) is 0.752.